The smallest absolute Gasteiger partial charge is 0.267 e. The highest BCUT2D eigenvalue weighted by molar-refractivity contribution is 7.95. The van der Waals surface area contributed by atoms with Crippen LogP contribution in [0.5, 0.6) is 0 Å². The van der Waals surface area contributed by atoms with Crippen molar-refractivity contribution in [1.82, 2.24) is 18.8 Å². The third-order valence-electron chi connectivity index (χ3n) is 8.01. The molecule has 190 valence electrons. The van der Waals surface area contributed by atoms with Crippen molar-refractivity contribution >= 4 is 12.1 Å². The van der Waals surface area contributed by atoms with Gasteiger partial charge in [0.25, 0.3) is 0 Å². The van der Waals surface area contributed by atoms with E-state index in [0.29, 0.717) is 17.8 Å². The third kappa shape index (κ3) is 4.13. The molecule has 3 atom stereocenters. The Morgan fingerprint density at radius 2 is 1.69 bits per heavy atom. The number of fused-ring (bicyclic) bond motifs is 1. The molecule has 36 heavy (non-hydrogen) atoms. The molecule has 4 nitrogen and oxygen atoms in total. The Labute approximate surface area is 210 Å². The van der Waals surface area contributed by atoms with E-state index in [1.165, 1.54) is 21.5 Å². The number of hydrogen-bond acceptors (Lipinski definition) is 4. The van der Waals surface area contributed by atoms with Gasteiger partial charge in [0, 0.05) is 42.4 Å². The molecular weight excluding hydrogens is 495 g/mol. The van der Waals surface area contributed by atoms with Gasteiger partial charge in [-0.15, -0.1) is 0 Å². The van der Waals surface area contributed by atoms with Gasteiger partial charge in [0.2, 0.25) is 0 Å². The number of halogens is 5. The zero-order chi connectivity index (χ0) is 25.2. The highest BCUT2D eigenvalue weighted by Crippen LogP contribution is 2.52. The molecule has 3 aromatic rings. The van der Waals surface area contributed by atoms with Crippen LogP contribution in [-0.4, -0.2) is 38.9 Å². The van der Waals surface area contributed by atoms with Gasteiger partial charge in [-0.1, -0.05) is 12.1 Å². The Hall–Kier alpha value is -2.43. The van der Waals surface area contributed by atoms with E-state index in [4.69, 9.17) is 0 Å². The summed E-state index contributed by atoms with van der Waals surface area (Å²) in [5, 5.41) is 4.62. The summed E-state index contributed by atoms with van der Waals surface area (Å²) in [7, 11) is 1.77. The molecule has 2 fully saturated rings. The van der Waals surface area contributed by atoms with Crippen LogP contribution in [0.3, 0.4) is 0 Å². The van der Waals surface area contributed by atoms with Crippen molar-refractivity contribution in [2.24, 2.45) is 18.9 Å². The Balaban J connectivity index is 1.28. The predicted molar refractivity (Wildman–Crippen MR) is 129 cm³/mol. The lowest BCUT2D eigenvalue weighted by molar-refractivity contribution is -0.135. The molecule has 0 unspecified atom stereocenters. The largest absolute Gasteiger partial charge is 0.402 e. The molecule has 10 heteroatoms. The van der Waals surface area contributed by atoms with Crippen molar-refractivity contribution in [1.29, 1.82) is 0 Å². The molecule has 1 aromatic heterocycles. The number of aryl methyl sites for hydroxylation is 1. The van der Waals surface area contributed by atoms with Gasteiger partial charge in [-0.05, 0) is 79.0 Å². The first kappa shape index (κ1) is 23.9. The first-order valence-corrected chi connectivity index (χ1v) is 12.8. The normalized spacial score (nSPS) is 25.9. The minimum Gasteiger partial charge on any atom is -0.267 e. The summed E-state index contributed by atoms with van der Waals surface area (Å²) in [6.45, 7) is -0.520. The maximum atomic E-state index is 13.8. The number of rotatable bonds is 3. The summed E-state index contributed by atoms with van der Waals surface area (Å²) < 4.78 is 72.8. The first-order chi connectivity index (χ1) is 17.1. The van der Waals surface area contributed by atoms with Gasteiger partial charge in [-0.2, -0.15) is 18.3 Å². The number of aromatic nitrogens is 2. The summed E-state index contributed by atoms with van der Waals surface area (Å²) in [5.41, 5.74) is 5.00. The number of nitrogens with one attached hydrogen (secondary N) is 1. The highest BCUT2D eigenvalue weighted by atomic mass is 32.2. The van der Waals surface area contributed by atoms with E-state index in [-0.39, 0.29) is 17.4 Å². The molecule has 1 saturated heterocycles. The van der Waals surface area contributed by atoms with Crippen LogP contribution in [0.25, 0.3) is 22.5 Å². The Morgan fingerprint density at radius 3 is 2.42 bits per heavy atom. The quantitative estimate of drug-likeness (QED) is 0.343. The van der Waals surface area contributed by atoms with Crippen LogP contribution >= 0.6 is 12.1 Å². The van der Waals surface area contributed by atoms with E-state index >= 15 is 0 Å². The standard InChI is InChI=1S/C26H25F5N4S/c1-34-24(17-4-7-21(27)22(28)11-17)12-23(32-34)16-3-2-15-9-19-5-6-20(10-18(15)8-16)25(19)13-35(36-33-25)14-26(29,30)31/h2-4,7-8,11-12,19-20,33H,5-6,9-10,13-14H2,1H3/t19-,20+,25+/m0/s1. The molecule has 1 saturated carbocycles. The molecule has 6 rings (SSSR count). The van der Waals surface area contributed by atoms with Crippen molar-refractivity contribution in [3.05, 3.63) is 65.2 Å². The second-order valence-electron chi connectivity index (χ2n) is 10.2. The molecule has 1 N–H and O–H groups in total. The van der Waals surface area contributed by atoms with Crippen molar-refractivity contribution in [3.8, 4) is 22.5 Å². The SMILES string of the molecule is Cn1nc(-c2ccc3c(c2)C[C@H]2CC[C@@H](C3)[C@]23CN(CC(F)(F)F)SN3)cc1-c1ccc(F)c(F)c1. The molecule has 3 aliphatic rings. The molecule has 2 bridgehead atoms. The molecule has 0 amide bonds. The van der Waals surface area contributed by atoms with Crippen LogP contribution in [0.1, 0.15) is 24.0 Å². The fourth-order valence-electron chi connectivity index (χ4n) is 6.28. The van der Waals surface area contributed by atoms with Crippen molar-refractivity contribution < 1.29 is 22.0 Å². The van der Waals surface area contributed by atoms with Crippen molar-refractivity contribution in [2.45, 2.75) is 37.4 Å². The number of hydrogen-bond donors (Lipinski definition) is 1. The molecule has 0 radical (unpaired) electrons. The summed E-state index contributed by atoms with van der Waals surface area (Å²) in [6.07, 6.45) is -0.580. The first-order valence-electron chi connectivity index (χ1n) is 12.0. The van der Waals surface area contributed by atoms with E-state index in [1.54, 1.807) is 11.7 Å². The van der Waals surface area contributed by atoms with Crippen molar-refractivity contribution in [2.75, 3.05) is 13.1 Å². The summed E-state index contributed by atoms with van der Waals surface area (Å²) in [5.74, 6) is -1.26. The summed E-state index contributed by atoms with van der Waals surface area (Å²) >= 11 is 1.11. The van der Waals surface area contributed by atoms with Crippen LogP contribution in [0.2, 0.25) is 0 Å². The zero-order valence-electron chi connectivity index (χ0n) is 19.6. The average Bonchev–Trinajstić information content (AvgIpc) is 3.45. The molecule has 1 spiro atoms. The lowest BCUT2D eigenvalue weighted by Crippen LogP contribution is -2.51. The maximum absolute atomic E-state index is 13.8. The second-order valence-corrected chi connectivity index (χ2v) is 11.1. The molecule has 2 aromatic carbocycles. The van der Waals surface area contributed by atoms with Crippen molar-refractivity contribution in [3.63, 3.8) is 0 Å². The van der Waals surface area contributed by atoms with Gasteiger partial charge in [0.1, 0.15) is 6.54 Å². The zero-order valence-corrected chi connectivity index (χ0v) is 20.4. The van der Waals surface area contributed by atoms with E-state index < -0.39 is 24.4 Å². The van der Waals surface area contributed by atoms with E-state index in [0.717, 1.165) is 61.2 Å². The minimum atomic E-state index is -4.22. The van der Waals surface area contributed by atoms with Crippen LogP contribution in [0.4, 0.5) is 22.0 Å². The Morgan fingerprint density at radius 1 is 0.972 bits per heavy atom. The van der Waals surface area contributed by atoms with Crippen LogP contribution in [0, 0.1) is 23.5 Å². The second kappa shape index (κ2) is 8.56. The highest BCUT2D eigenvalue weighted by Gasteiger charge is 2.56. The monoisotopic (exact) mass is 520 g/mol. The van der Waals surface area contributed by atoms with E-state index in [1.807, 2.05) is 12.1 Å². The van der Waals surface area contributed by atoms with E-state index in [9.17, 15) is 22.0 Å². The Bertz CT molecular complexity index is 1320. The van der Waals surface area contributed by atoms with Gasteiger partial charge in [-0.25, -0.2) is 17.8 Å². The van der Waals surface area contributed by atoms with E-state index in [2.05, 4.69) is 22.0 Å². The molecule has 2 aliphatic carbocycles. The summed E-state index contributed by atoms with van der Waals surface area (Å²) in [4.78, 5) is 0. The topological polar surface area (TPSA) is 33.1 Å². The molecular formula is C26H25F5N4S. The van der Waals surface area contributed by atoms with Crippen LogP contribution < -0.4 is 4.72 Å². The average molecular weight is 521 g/mol. The minimum absolute atomic E-state index is 0.256. The Kier molecular flexibility index (Phi) is 5.69. The third-order valence-corrected chi connectivity index (χ3v) is 9.00. The number of alkyl halides is 3. The summed E-state index contributed by atoms with van der Waals surface area (Å²) in [6, 6.07) is 11.9. The molecule has 1 aliphatic heterocycles. The number of benzene rings is 2. The van der Waals surface area contributed by atoms with Gasteiger partial charge in [0.05, 0.1) is 11.4 Å². The molecule has 2 heterocycles. The van der Waals surface area contributed by atoms with Gasteiger partial charge < -0.3 is 0 Å². The lowest BCUT2D eigenvalue weighted by atomic mass is 9.79. The van der Waals surface area contributed by atoms with Gasteiger partial charge in [-0.3, -0.25) is 4.68 Å². The lowest BCUT2D eigenvalue weighted by Gasteiger charge is -2.34. The van der Waals surface area contributed by atoms with Crippen LogP contribution in [-0.2, 0) is 19.9 Å². The van der Waals surface area contributed by atoms with Crippen LogP contribution in [0.15, 0.2) is 42.5 Å². The van der Waals surface area contributed by atoms with Gasteiger partial charge in [0.15, 0.2) is 11.6 Å². The number of nitrogens with zero attached hydrogens (tertiary/aromatic N) is 3. The predicted octanol–water partition coefficient (Wildman–Crippen LogP) is 5.93. The maximum Gasteiger partial charge on any atom is 0.402 e. The fourth-order valence-corrected chi connectivity index (χ4v) is 7.46. The fraction of sp³-hybridized carbons (Fsp3) is 0.423. The van der Waals surface area contributed by atoms with Gasteiger partial charge >= 0.3 is 6.18 Å².